The Morgan fingerprint density at radius 3 is 2.39 bits per heavy atom. The van der Waals surface area contributed by atoms with Crippen molar-refractivity contribution in [3.63, 3.8) is 0 Å². The van der Waals surface area contributed by atoms with Crippen molar-refractivity contribution in [3.8, 4) is 17.2 Å². The van der Waals surface area contributed by atoms with Gasteiger partial charge >= 0.3 is 6.18 Å². The van der Waals surface area contributed by atoms with E-state index in [1.54, 1.807) is 41.0 Å². The number of carbonyl (C=O) groups excluding carboxylic acids is 1. The van der Waals surface area contributed by atoms with Crippen molar-refractivity contribution in [3.05, 3.63) is 94.3 Å². The second-order valence-electron chi connectivity index (χ2n) is 7.95. The quantitative estimate of drug-likeness (QED) is 0.246. The zero-order valence-electron chi connectivity index (χ0n) is 20.3. The van der Waals surface area contributed by atoms with Crippen LogP contribution in [0.3, 0.4) is 0 Å². The van der Waals surface area contributed by atoms with E-state index in [9.17, 15) is 18.0 Å². The van der Waals surface area contributed by atoms with Crippen LogP contribution in [0.15, 0.2) is 71.9 Å². The number of hydrogen-bond donors (Lipinski definition) is 1. The van der Waals surface area contributed by atoms with Gasteiger partial charge in [0.1, 0.15) is 0 Å². The minimum atomic E-state index is -4.39. The molecule has 0 aliphatic rings. The third-order valence-corrected chi connectivity index (χ3v) is 6.70. The molecule has 0 atom stereocenters. The Bertz CT molecular complexity index is 1430. The molecule has 0 unspecified atom stereocenters. The first-order valence-electron chi connectivity index (χ1n) is 11.2. The fourth-order valence-corrected chi connectivity index (χ4v) is 4.67. The topological polar surface area (TPSA) is 78.3 Å². The van der Waals surface area contributed by atoms with Gasteiger partial charge in [-0.05, 0) is 54.1 Å². The normalized spacial score (nSPS) is 11.3. The van der Waals surface area contributed by atoms with Crippen molar-refractivity contribution in [2.24, 2.45) is 0 Å². The number of ether oxygens (including phenoxy) is 2. The summed E-state index contributed by atoms with van der Waals surface area (Å²) in [6.07, 6.45) is -4.39. The van der Waals surface area contributed by atoms with Gasteiger partial charge in [0.25, 0.3) is 5.91 Å². The molecular formula is C26H22ClF3N4O3S. The third-order valence-electron chi connectivity index (χ3n) is 5.47. The van der Waals surface area contributed by atoms with Gasteiger partial charge in [-0.25, -0.2) is 0 Å². The Labute approximate surface area is 225 Å². The van der Waals surface area contributed by atoms with Crippen molar-refractivity contribution in [1.29, 1.82) is 0 Å². The molecule has 0 bridgehead atoms. The van der Waals surface area contributed by atoms with Gasteiger partial charge < -0.3 is 14.8 Å². The highest BCUT2D eigenvalue weighted by atomic mass is 35.5. The summed E-state index contributed by atoms with van der Waals surface area (Å²) >= 11 is 7.50. The molecule has 7 nitrogen and oxygen atoms in total. The smallest absolute Gasteiger partial charge is 0.416 e. The lowest BCUT2D eigenvalue weighted by molar-refractivity contribution is -0.137. The molecule has 1 aromatic heterocycles. The zero-order chi connectivity index (χ0) is 27.3. The van der Waals surface area contributed by atoms with Gasteiger partial charge in [-0.2, -0.15) is 13.2 Å². The third kappa shape index (κ3) is 6.40. The number of nitrogens with one attached hydrogen (secondary N) is 1. The fourth-order valence-electron chi connectivity index (χ4n) is 3.56. The highest BCUT2D eigenvalue weighted by Crippen LogP contribution is 2.31. The molecule has 1 heterocycles. The molecule has 4 rings (SSSR count). The molecule has 198 valence electrons. The Kier molecular flexibility index (Phi) is 8.48. The van der Waals surface area contributed by atoms with Crippen LogP contribution in [-0.2, 0) is 18.5 Å². The number of methoxy groups -OCH3 is 2. The number of aromatic nitrogens is 3. The maximum absolute atomic E-state index is 12.9. The number of carbonyl (C=O) groups is 1. The summed E-state index contributed by atoms with van der Waals surface area (Å²) in [6, 6.07) is 16.8. The first-order chi connectivity index (χ1) is 18.2. The van der Waals surface area contributed by atoms with E-state index in [0.717, 1.165) is 12.1 Å². The van der Waals surface area contributed by atoms with Crippen LogP contribution in [0.25, 0.3) is 5.69 Å². The van der Waals surface area contributed by atoms with Crippen LogP contribution in [0.4, 0.5) is 13.2 Å². The number of nitrogens with zero attached hydrogens (tertiary/aromatic N) is 3. The molecule has 1 amide bonds. The van der Waals surface area contributed by atoms with E-state index in [1.807, 2.05) is 6.07 Å². The Morgan fingerprint density at radius 2 is 1.74 bits per heavy atom. The molecule has 0 saturated heterocycles. The molecule has 0 aliphatic heterocycles. The second kappa shape index (κ2) is 11.8. The van der Waals surface area contributed by atoms with Gasteiger partial charge in [0.2, 0.25) is 0 Å². The maximum atomic E-state index is 12.9. The lowest BCUT2D eigenvalue weighted by atomic mass is 10.1. The predicted octanol–water partition coefficient (Wildman–Crippen LogP) is 6.18. The van der Waals surface area contributed by atoms with E-state index in [4.69, 9.17) is 21.1 Å². The summed E-state index contributed by atoms with van der Waals surface area (Å²) in [5.41, 5.74) is 1.02. The highest BCUT2D eigenvalue weighted by molar-refractivity contribution is 7.98. The molecule has 4 aromatic rings. The summed E-state index contributed by atoms with van der Waals surface area (Å²) in [4.78, 5) is 12.8. The first-order valence-corrected chi connectivity index (χ1v) is 12.6. The van der Waals surface area contributed by atoms with Gasteiger partial charge in [0.15, 0.2) is 22.5 Å². The zero-order valence-corrected chi connectivity index (χ0v) is 21.8. The number of amides is 1. The average molecular weight is 563 g/mol. The molecule has 1 N–H and O–H groups in total. The fraction of sp³-hybridized carbons (Fsp3) is 0.192. The molecule has 0 saturated carbocycles. The number of benzene rings is 3. The minimum Gasteiger partial charge on any atom is -0.493 e. The highest BCUT2D eigenvalue weighted by Gasteiger charge is 2.30. The minimum absolute atomic E-state index is 0.0491. The van der Waals surface area contributed by atoms with Crippen molar-refractivity contribution >= 4 is 29.3 Å². The van der Waals surface area contributed by atoms with Gasteiger partial charge in [-0.3, -0.25) is 9.36 Å². The van der Waals surface area contributed by atoms with Gasteiger partial charge in [0.05, 0.1) is 32.0 Å². The summed E-state index contributed by atoms with van der Waals surface area (Å²) in [5.74, 6) is 1.36. The summed E-state index contributed by atoms with van der Waals surface area (Å²) in [5, 5.41) is 12.3. The molecule has 12 heteroatoms. The number of alkyl halides is 3. The van der Waals surface area contributed by atoms with E-state index in [0.29, 0.717) is 50.1 Å². The molecular weight excluding hydrogens is 541 g/mol. The lowest BCUT2D eigenvalue weighted by Gasteiger charge is -2.12. The van der Waals surface area contributed by atoms with Crippen molar-refractivity contribution in [2.45, 2.75) is 23.6 Å². The standard InChI is InChI=1S/C26H22ClF3N4O3S/c1-36-21-11-8-17(12-22(21)37-2)24(35)31-14-23-32-33-25(34(23)20-5-3-4-19(27)13-20)38-15-16-6-9-18(10-7-16)26(28,29)30/h3-13H,14-15H2,1-2H3,(H,31,35). The van der Waals surface area contributed by atoms with Gasteiger partial charge in [-0.15, -0.1) is 10.2 Å². The number of hydrogen-bond acceptors (Lipinski definition) is 6. The van der Waals surface area contributed by atoms with Crippen molar-refractivity contribution in [1.82, 2.24) is 20.1 Å². The predicted molar refractivity (Wildman–Crippen MR) is 138 cm³/mol. The van der Waals surface area contributed by atoms with Crippen LogP contribution < -0.4 is 14.8 Å². The number of thioether (sulfide) groups is 1. The molecule has 3 aromatic carbocycles. The largest absolute Gasteiger partial charge is 0.493 e. The monoisotopic (exact) mass is 562 g/mol. The van der Waals surface area contributed by atoms with E-state index >= 15 is 0 Å². The molecule has 0 aliphatic carbocycles. The van der Waals surface area contributed by atoms with E-state index < -0.39 is 11.7 Å². The average Bonchev–Trinajstić information content (AvgIpc) is 3.32. The van der Waals surface area contributed by atoms with E-state index in [-0.39, 0.29) is 12.5 Å². The molecule has 0 spiro atoms. The molecule has 38 heavy (non-hydrogen) atoms. The van der Waals surface area contributed by atoms with Crippen LogP contribution >= 0.6 is 23.4 Å². The number of halogens is 4. The summed E-state index contributed by atoms with van der Waals surface area (Å²) in [7, 11) is 2.99. The summed E-state index contributed by atoms with van der Waals surface area (Å²) in [6.45, 7) is 0.0491. The Hall–Kier alpha value is -3.70. The van der Waals surface area contributed by atoms with Crippen LogP contribution in [-0.4, -0.2) is 34.9 Å². The van der Waals surface area contributed by atoms with Crippen LogP contribution in [0.1, 0.15) is 27.3 Å². The Morgan fingerprint density at radius 1 is 1.00 bits per heavy atom. The van der Waals surface area contributed by atoms with Crippen LogP contribution in [0, 0.1) is 0 Å². The molecule has 0 radical (unpaired) electrons. The van der Waals surface area contributed by atoms with Crippen molar-refractivity contribution in [2.75, 3.05) is 14.2 Å². The first kappa shape index (κ1) is 27.3. The number of rotatable bonds is 9. The van der Waals surface area contributed by atoms with E-state index in [2.05, 4.69) is 15.5 Å². The lowest BCUT2D eigenvalue weighted by Crippen LogP contribution is -2.24. The summed E-state index contributed by atoms with van der Waals surface area (Å²) < 4.78 is 50.9. The SMILES string of the molecule is COc1ccc(C(=O)NCc2nnc(SCc3ccc(C(F)(F)F)cc3)n2-c2cccc(Cl)c2)cc1OC. The van der Waals surface area contributed by atoms with Gasteiger partial charge in [-0.1, -0.05) is 41.6 Å². The van der Waals surface area contributed by atoms with Crippen LogP contribution in [0.2, 0.25) is 5.02 Å². The molecule has 0 fully saturated rings. The Balaban J connectivity index is 1.54. The van der Waals surface area contributed by atoms with Crippen LogP contribution in [0.5, 0.6) is 11.5 Å². The van der Waals surface area contributed by atoms with Crippen molar-refractivity contribution < 1.29 is 27.4 Å². The van der Waals surface area contributed by atoms with E-state index in [1.165, 1.54) is 38.1 Å². The second-order valence-corrected chi connectivity index (χ2v) is 9.33. The maximum Gasteiger partial charge on any atom is 0.416 e. The van der Waals surface area contributed by atoms with Gasteiger partial charge in [0, 0.05) is 16.3 Å².